The molecule has 4 rings (SSSR count). The predicted octanol–water partition coefficient (Wildman–Crippen LogP) is 2.53. The number of nitrogens with zero attached hydrogens (tertiary/aromatic N) is 2. The third kappa shape index (κ3) is 2.81. The average molecular weight is 321 g/mol. The first-order valence-corrected chi connectivity index (χ1v) is 7.56. The Bertz CT molecular complexity index is 874. The highest BCUT2D eigenvalue weighted by atomic mass is 16.7. The van der Waals surface area contributed by atoms with E-state index >= 15 is 0 Å². The lowest BCUT2D eigenvalue weighted by atomic mass is 10.2. The van der Waals surface area contributed by atoms with E-state index in [-0.39, 0.29) is 12.7 Å². The van der Waals surface area contributed by atoms with Gasteiger partial charge in [0.05, 0.1) is 11.9 Å². The highest BCUT2D eigenvalue weighted by Crippen LogP contribution is 2.32. The Morgan fingerprint density at radius 3 is 2.83 bits per heavy atom. The standard InChI is InChI=1S/C18H15N3O3/c22-18(14-6-7-16-17(8-14)24-12-23-16)19-9-13-10-20-21(11-13)15-4-2-1-3-5-15/h1-8,10-11H,9,12H2,(H,19,22). The van der Waals surface area contributed by atoms with Crippen molar-refractivity contribution in [3.8, 4) is 17.2 Å². The Kier molecular flexibility index (Phi) is 3.63. The summed E-state index contributed by atoms with van der Waals surface area (Å²) in [6.07, 6.45) is 3.64. The molecule has 0 atom stereocenters. The second kappa shape index (κ2) is 6.08. The number of carbonyl (C=O) groups excluding carboxylic acids is 1. The second-order valence-electron chi connectivity index (χ2n) is 5.38. The molecule has 6 heteroatoms. The number of rotatable bonds is 4. The topological polar surface area (TPSA) is 65.4 Å². The van der Waals surface area contributed by atoms with Crippen LogP contribution in [-0.4, -0.2) is 22.5 Å². The molecule has 0 radical (unpaired) electrons. The molecule has 1 amide bonds. The van der Waals surface area contributed by atoms with Crippen molar-refractivity contribution in [2.24, 2.45) is 0 Å². The van der Waals surface area contributed by atoms with E-state index in [1.165, 1.54) is 0 Å². The number of para-hydroxylation sites is 1. The lowest BCUT2D eigenvalue weighted by Crippen LogP contribution is -2.22. The Morgan fingerprint density at radius 1 is 1.12 bits per heavy atom. The summed E-state index contributed by atoms with van der Waals surface area (Å²) in [5, 5.41) is 7.20. The number of benzene rings is 2. The van der Waals surface area contributed by atoms with Crippen LogP contribution in [0.4, 0.5) is 0 Å². The number of fused-ring (bicyclic) bond motifs is 1. The second-order valence-corrected chi connectivity index (χ2v) is 5.38. The predicted molar refractivity (Wildman–Crippen MR) is 87.3 cm³/mol. The van der Waals surface area contributed by atoms with E-state index < -0.39 is 0 Å². The molecular weight excluding hydrogens is 306 g/mol. The van der Waals surface area contributed by atoms with Gasteiger partial charge in [0.15, 0.2) is 11.5 Å². The van der Waals surface area contributed by atoms with Crippen LogP contribution < -0.4 is 14.8 Å². The SMILES string of the molecule is O=C(NCc1cnn(-c2ccccc2)c1)c1ccc2c(c1)OCO2. The van der Waals surface area contributed by atoms with Crippen LogP contribution in [0.25, 0.3) is 5.69 Å². The van der Waals surface area contributed by atoms with E-state index in [1.807, 2.05) is 36.5 Å². The zero-order valence-electron chi connectivity index (χ0n) is 12.8. The Labute approximate surface area is 138 Å². The van der Waals surface area contributed by atoms with Gasteiger partial charge in [-0.05, 0) is 30.3 Å². The summed E-state index contributed by atoms with van der Waals surface area (Å²) < 4.78 is 12.3. The van der Waals surface area contributed by atoms with Gasteiger partial charge >= 0.3 is 0 Å². The Morgan fingerprint density at radius 2 is 1.96 bits per heavy atom. The molecule has 1 aromatic heterocycles. The lowest BCUT2D eigenvalue weighted by Gasteiger charge is -2.04. The number of amides is 1. The quantitative estimate of drug-likeness (QED) is 0.802. The van der Waals surface area contributed by atoms with Gasteiger partial charge in [-0.2, -0.15) is 5.10 Å². The van der Waals surface area contributed by atoms with Crippen LogP contribution in [0.2, 0.25) is 0 Å². The minimum Gasteiger partial charge on any atom is -0.454 e. The van der Waals surface area contributed by atoms with E-state index in [2.05, 4.69) is 10.4 Å². The van der Waals surface area contributed by atoms with E-state index in [4.69, 9.17) is 9.47 Å². The molecule has 0 spiro atoms. The van der Waals surface area contributed by atoms with E-state index in [0.717, 1.165) is 11.3 Å². The number of nitrogens with one attached hydrogen (secondary N) is 1. The zero-order valence-corrected chi connectivity index (χ0v) is 12.8. The maximum atomic E-state index is 12.3. The molecule has 3 aromatic rings. The molecule has 2 heterocycles. The molecule has 120 valence electrons. The lowest BCUT2D eigenvalue weighted by molar-refractivity contribution is 0.0950. The molecule has 0 fully saturated rings. The van der Waals surface area contributed by atoms with Gasteiger partial charge in [-0.25, -0.2) is 4.68 Å². The van der Waals surface area contributed by atoms with Gasteiger partial charge in [0.2, 0.25) is 6.79 Å². The number of carbonyl (C=O) groups is 1. The Balaban J connectivity index is 1.42. The number of hydrogen-bond donors (Lipinski definition) is 1. The molecule has 0 saturated heterocycles. The summed E-state index contributed by atoms with van der Waals surface area (Å²) in [5.41, 5.74) is 2.44. The minimum absolute atomic E-state index is 0.166. The van der Waals surface area contributed by atoms with Crippen molar-refractivity contribution < 1.29 is 14.3 Å². The molecule has 1 aliphatic rings. The zero-order chi connectivity index (χ0) is 16.4. The fourth-order valence-corrected chi connectivity index (χ4v) is 2.50. The molecule has 6 nitrogen and oxygen atoms in total. The van der Waals surface area contributed by atoms with Gasteiger partial charge in [-0.1, -0.05) is 18.2 Å². The molecule has 0 unspecified atom stereocenters. The van der Waals surface area contributed by atoms with Gasteiger partial charge < -0.3 is 14.8 Å². The van der Waals surface area contributed by atoms with Crippen LogP contribution in [0.1, 0.15) is 15.9 Å². The van der Waals surface area contributed by atoms with Gasteiger partial charge in [0.25, 0.3) is 5.91 Å². The van der Waals surface area contributed by atoms with Crippen LogP contribution in [0, 0.1) is 0 Å². The fraction of sp³-hybridized carbons (Fsp3) is 0.111. The van der Waals surface area contributed by atoms with Gasteiger partial charge in [-0.15, -0.1) is 0 Å². The highest BCUT2D eigenvalue weighted by Gasteiger charge is 2.16. The highest BCUT2D eigenvalue weighted by molar-refractivity contribution is 5.94. The maximum Gasteiger partial charge on any atom is 0.251 e. The smallest absolute Gasteiger partial charge is 0.251 e. The molecule has 24 heavy (non-hydrogen) atoms. The summed E-state index contributed by atoms with van der Waals surface area (Å²) in [6, 6.07) is 15.0. The molecule has 0 saturated carbocycles. The summed E-state index contributed by atoms with van der Waals surface area (Å²) in [7, 11) is 0. The first-order valence-electron chi connectivity index (χ1n) is 7.56. The minimum atomic E-state index is -0.166. The van der Waals surface area contributed by atoms with Crippen molar-refractivity contribution in [3.05, 3.63) is 72.1 Å². The maximum absolute atomic E-state index is 12.3. The summed E-state index contributed by atoms with van der Waals surface area (Å²) in [5.74, 6) is 1.09. The van der Waals surface area contributed by atoms with Crippen molar-refractivity contribution in [2.45, 2.75) is 6.54 Å². The number of aromatic nitrogens is 2. The molecule has 0 aliphatic carbocycles. The normalized spacial score (nSPS) is 12.2. The summed E-state index contributed by atoms with van der Waals surface area (Å²) in [4.78, 5) is 12.3. The van der Waals surface area contributed by atoms with Crippen LogP contribution >= 0.6 is 0 Å². The third-order valence-corrected chi connectivity index (χ3v) is 3.74. The number of ether oxygens (including phenoxy) is 2. The molecule has 1 aliphatic heterocycles. The van der Waals surface area contributed by atoms with E-state index in [1.54, 1.807) is 29.1 Å². The van der Waals surface area contributed by atoms with Gasteiger partial charge in [0.1, 0.15) is 0 Å². The van der Waals surface area contributed by atoms with Crippen LogP contribution in [0.15, 0.2) is 60.9 Å². The van der Waals surface area contributed by atoms with Crippen LogP contribution in [0.5, 0.6) is 11.5 Å². The van der Waals surface area contributed by atoms with Crippen molar-refractivity contribution in [2.75, 3.05) is 6.79 Å². The van der Waals surface area contributed by atoms with Gasteiger partial charge in [-0.3, -0.25) is 4.79 Å². The van der Waals surface area contributed by atoms with Crippen LogP contribution in [0.3, 0.4) is 0 Å². The van der Waals surface area contributed by atoms with E-state index in [0.29, 0.717) is 23.6 Å². The molecule has 0 bridgehead atoms. The first-order chi connectivity index (χ1) is 11.8. The molecule has 2 aromatic carbocycles. The fourth-order valence-electron chi connectivity index (χ4n) is 2.50. The molecule has 1 N–H and O–H groups in total. The van der Waals surface area contributed by atoms with Crippen molar-refractivity contribution in [1.82, 2.24) is 15.1 Å². The summed E-state index contributed by atoms with van der Waals surface area (Å²) in [6.45, 7) is 0.596. The third-order valence-electron chi connectivity index (χ3n) is 3.74. The average Bonchev–Trinajstić information content (AvgIpc) is 3.29. The van der Waals surface area contributed by atoms with Crippen molar-refractivity contribution in [3.63, 3.8) is 0 Å². The largest absolute Gasteiger partial charge is 0.454 e. The van der Waals surface area contributed by atoms with Gasteiger partial charge in [0, 0.05) is 23.9 Å². The first kappa shape index (κ1) is 14.3. The van der Waals surface area contributed by atoms with E-state index in [9.17, 15) is 4.79 Å². The van der Waals surface area contributed by atoms with Crippen LogP contribution in [-0.2, 0) is 6.54 Å². The van der Waals surface area contributed by atoms with Crippen molar-refractivity contribution >= 4 is 5.91 Å². The monoisotopic (exact) mass is 321 g/mol. The summed E-state index contributed by atoms with van der Waals surface area (Å²) >= 11 is 0. The molecular formula is C18H15N3O3. The number of hydrogen-bond acceptors (Lipinski definition) is 4. The Hall–Kier alpha value is -3.28. The van der Waals surface area contributed by atoms with Crippen molar-refractivity contribution in [1.29, 1.82) is 0 Å².